The molecule has 2 N–H and O–H groups in total. The van der Waals surface area contributed by atoms with Crippen LogP contribution in [0.5, 0.6) is 11.5 Å². The molecule has 1 aliphatic heterocycles. The zero-order valence-corrected chi connectivity index (χ0v) is 26.5. The number of methoxy groups -OCH3 is 1. The molecule has 14 heteroatoms. The van der Waals surface area contributed by atoms with Crippen molar-refractivity contribution < 1.29 is 37.3 Å². The molecule has 248 valence electrons. The number of nitrogens with one attached hydrogen (secondary N) is 1. The Bertz CT molecular complexity index is 1380. The van der Waals surface area contributed by atoms with Crippen molar-refractivity contribution in [1.82, 2.24) is 19.8 Å². The smallest absolute Gasteiger partial charge is 0.490 e. The predicted molar refractivity (Wildman–Crippen MR) is 167 cm³/mol. The van der Waals surface area contributed by atoms with Gasteiger partial charge in [0.1, 0.15) is 5.60 Å². The van der Waals surface area contributed by atoms with Crippen molar-refractivity contribution in [2.45, 2.75) is 56.2 Å². The van der Waals surface area contributed by atoms with Crippen LogP contribution in [-0.2, 0) is 4.74 Å². The minimum atomic E-state index is -4.84. The number of rotatable bonds is 10. The van der Waals surface area contributed by atoms with Crippen LogP contribution >= 0.6 is 24.8 Å². The largest absolute Gasteiger partial charge is 0.573 e. The third-order valence-corrected chi connectivity index (χ3v) is 8.13. The minimum absolute atomic E-state index is 0. The third-order valence-electron chi connectivity index (χ3n) is 8.13. The Morgan fingerprint density at radius 3 is 2.51 bits per heavy atom. The molecule has 1 aliphatic carbocycles. The van der Waals surface area contributed by atoms with Gasteiger partial charge >= 0.3 is 6.36 Å². The molecule has 0 spiro atoms. The van der Waals surface area contributed by atoms with Gasteiger partial charge in [-0.1, -0.05) is 55.3 Å². The highest BCUT2D eigenvalue weighted by Gasteiger charge is 2.42. The van der Waals surface area contributed by atoms with Gasteiger partial charge in [0.05, 0.1) is 31.3 Å². The SMILES string of the molecule is COC[C@]1(O)CCCC[C@H]1n1cnc(C(=O)N2CCNC[C@H]2CCOc2ccccc2OC(F)(F)F)c1-c1ccccc1.Cl.Cl. The van der Waals surface area contributed by atoms with Gasteiger partial charge in [-0.2, -0.15) is 0 Å². The van der Waals surface area contributed by atoms with Gasteiger partial charge in [-0.15, -0.1) is 38.0 Å². The molecule has 1 aromatic heterocycles. The number of para-hydroxylation sites is 2. The first kappa shape index (κ1) is 36.4. The Balaban J connectivity index is 0.00000276. The zero-order valence-electron chi connectivity index (χ0n) is 24.9. The first-order valence-electron chi connectivity index (χ1n) is 14.5. The number of ether oxygens (including phenoxy) is 3. The van der Waals surface area contributed by atoms with Crippen LogP contribution in [0.4, 0.5) is 13.2 Å². The van der Waals surface area contributed by atoms with Crippen molar-refractivity contribution in [2.24, 2.45) is 0 Å². The van der Waals surface area contributed by atoms with E-state index in [1.54, 1.807) is 24.4 Å². The number of amides is 1. The molecule has 5 rings (SSSR count). The van der Waals surface area contributed by atoms with E-state index in [0.29, 0.717) is 38.2 Å². The second-order valence-electron chi connectivity index (χ2n) is 11.0. The molecule has 0 unspecified atom stereocenters. The Kier molecular flexibility index (Phi) is 13.0. The Labute approximate surface area is 272 Å². The van der Waals surface area contributed by atoms with Crippen LogP contribution in [0.25, 0.3) is 11.3 Å². The summed E-state index contributed by atoms with van der Waals surface area (Å²) >= 11 is 0. The maximum Gasteiger partial charge on any atom is 0.573 e. The number of aromatic nitrogens is 2. The molecule has 2 aromatic carbocycles. The molecule has 3 atom stereocenters. The normalized spacial score (nSPS) is 21.8. The van der Waals surface area contributed by atoms with Crippen LogP contribution in [0.15, 0.2) is 60.9 Å². The number of halogens is 5. The zero-order chi connectivity index (χ0) is 30.5. The highest BCUT2D eigenvalue weighted by molar-refractivity contribution is 5.98. The maximum absolute atomic E-state index is 14.2. The van der Waals surface area contributed by atoms with Gasteiger partial charge in [0.2, 0.25) is 0 Å². The molecule has 2 fully saturated rings. The van der Waals surface area contributed by atoms with E-state index in [1.807, 2.05) is 34.9 Å². The lowest BCUT2D eigenvalue weighted by atomic mass is 9.80. The topological polar surface area (TPSA) is 98.1 Å². The van der Waals surface area contributed by atoms with E-state index in [9.17, 15) is 23.1 Å². The summed E-state index contributed by atoms with van der Waals surface area (Å²) < 4.78 is 55.6. The van der Waals surface area contributed by atoms with Crippen molar-refractivity contribution in [3.63, 3.8) is 0 Å². The highest BCUT2D eigenvalue weighted by Crippen LogP contribution is 2.41. The average molecular weight is 676 g/mol. The summed E-state index contributed by atoms with van der Waals surface area (Å²) in [5.41, 5.74) is 0.635. The highest BCUT2D eigenvalue weighted by atomic mass is 35.5. The molecule has 1 saturated carbocycles. The molecule has 3 aromatic rings. The van der Waals surface area contributed by atoms with Crippen molar-refractivity contribution >= 4 is 30.7 Å². The summed E-state index contributed by atoms with van der Waals surface area (Å²) in [4.78, 5) is 20.6. The third kappa shape index (κ3) is 8.62. The van der Waals surface area contributed by atoms with Crippen LogP contribution in [0.2, 0.25) is 0 Å². The Hall–Kier alpha value is -3.03. The van der Waals surface area contributed by atoms with E-state index in [1.165, 1.54) is 18.2 Å². The summed E-state index contributed by atoms with van der Waals surface area (Å²) in [5, 5.41) is 14.9. The molecule has 2 heterocycles. The molecule has 1 saturated heterocycles. The van der Waals surface area contributed by atoms with Crippen molar-refractivity contribution in [3.05, 3.63) is 66.6 Å². The van der Waals surface area contributed by atoms with Gasteiger partial charge in [0, 0.05) is 44.8 Å². The molecule has 2 aliphatic rings. The lowest BCUT2D eigenvalue weighted by Crippen LogP contribution is -2.54. The molecular formula is C31H39Cl2F3N4O5. The fourth-order valence-corrected chi connectivity index (χ4v) is 6.16. The van der Waals surface area contributed by atoms with Crippen LogP contribution in [0.1, 0.15) is 48.6 Å². The van der Waals surface area contributed by atoms with Gasteiger partial charge in [0.25, 0.3) is 5.91 Å². The first-order chi connectivity index (χ1) is 20.7. The predicted octanol–water partition coefficient (Wildman–Crippen LogP) is 5.67. The Morgan fingerprint density at radius 2 is 1.80 bits per heavy atom. The van der Waals surface area contributed by atoms with Gasteiger partial charge in [-0.05, 0) is 25.0 Å². The molecule has 9 nitrogen and oxygen atoms in total. The van der Waals surface area contributed by atoms with Crippen molar-refractivity contribution in [2.75, 3.05) is 40.0 Å². The summed E-state index contributed by atoms with van der Waals surface area (Å²) in [6, 6.07) is 14.5. The number of imidazole rings is 1. The maximum atomic E-state index is 14.2. The fourth-order valence-electron chi connectivity index (χ4n) is 6.16. The van der Waals surface area contributed by atoms with Crippen LogP contribution in [0, 0.1) is 0 Å². The van der Waals surface area contributed by atoms with Gasteiger partial charge in [-0.25, -0.2) is 4.98 Å². The lowest BCUT2D eigenvalue weighted by Gasteiger charge is -2.41. The lowest BCUT2D eigenvalue weighted by molar-refractivity contribution is -0.275. The quantitative estimate of drug-likeness (QED) is 0.286. The second kappa shape index (κ2) is 16.0. The van der Waals surface area contributed by atoms with Crippen molar-refractivity contribution in [3.8, 4) is 22.8 Å². The summed E-state index contributed by atoms with van der Waals surface area (Å²) in [6.07, 6.45) is 0.292. The number of benzene rings is 2. The van der Waals surface area contributed by atoms with Crippen LogP contribution in [-0.4, -0.2) is 83.4 Å². The van der Waals surface area contributed by atoms with Gasteiger partial charge < -0.3 is 34.1 Å². The van der Waals surface area contributed by atoms with E-state index in [-0.39, 0.29) is 67.5 Å². The molecule has 0 radical (unpaired) electrons. The van der Waals surface area contributed by atoms with Crippen LogP contribution < -0.4 is 14.8 Å². The average Bonchev–Trinajstić information content (AvgIpc) is 3.43. The number of piperazine rings is 1. The molecule has 1 amide bonds. The van der Waals surface area contributed by atoms with Crippen LogP contribution in [0.3, 0.4) is 0 Å². The molecule has 0 bridgehead atoms. The van der Waals surface area contributed by atoms with Crippen molar-refractivity contribution in [1.29, 1.82) is 0 Å². The number of nitrogens with zero attached hydrogens (tertiary/aromatic N) is 3. The summed E-state index contributed by atoms with van der Waals surface area (Å²) in [5.74, 6) is -0.697. The fraction of sp³-hybridized carbons (Fsp3) is 0.484. The minimum Gasteiger partial charge on any atom is -0.490 e. The molecular weight excluding hydrogens is 636 g/mol. The van der Waals surface area contributed by atoms with E-state index in [4.69, 9.17) is 9.47 Å². The van der Waals surface area contributed by atoms with E-state index in [0.717, 1.165) is 24.8 Å². The number of alkyl halides is 3. The molecule has 45 heavy (non-hydrogen) atoms. The van der Waals surface area contributed by atoms with E-state index < -0.39 is 17.7 Å². The standard InChI is InChI=1S/C31H37F3N4O5.2ClH/c1-41-20-30(40)15-8-7-13-26(30)38-21-36-27(28(38)22-9-3-2-4-10-22)29(39)37-17-16-35-19-23(37)14-18-42-24-11-5-6-12-25(24)43-31(32,33)34;;/h2-6,9-12,21,23,26,35,40H,7-8,13-20H2,1H3;2*1H/t23-,26-,30-;;/m1../s1. The number of aliphatic hydroxyl groups is 1. The monoisotopic (exact) mass is 674 g/mol. The number of carbonyl (C=O) groups excluding carboxylic acids is 1. The number of hydrogen-bond acceptors (Lipinski definition) is 7. The van der Waals surface area contributed by atoms with Gasteiger partial charge in [-0.3, -0.25) is 4.79 Å². The second-order valence-corrected chi connectivity index (χ2v) is 11.0. The first-order valence-corrected chi connectivity index (χ1v) is 14.5. The van der Waals surface area contributed by atoms with E-state index in [2.05, 4.69) is 15.0 Å². The summed E-state index contributed by atoms with van der Waals surface area (Å²) in [7, 11) is 1.57. The van der Waals surface area contributed by atoms with E-state index >= 15 is 0 Å². The number of carbonyl (C=O) groups is 1. The number of hydrogen-bond donors (Lipinski definition) is 2. The summed E-state index contributed by atoms with van der Waals surface area (Å²) in [6.45, 7) is 1.75. The Morgan fingerprint density at radius 1 is 1.09 bits per heavy atom. The van der Waals surface area contributed by atoms with Gasteiger partial charge in [0.15, 0.2) is 17.2 Å².